The van der Waals surface area contributed by atoms with E-state index < -0.39 is 18.1 Å². The Morgan fingerprint density at radius 3 is 2.00 bits per heavy atom. The molecule has 54 valence electrons. The van der Waals surface area contributed by atoms with Gasteiger partial charge in [0.05, 0.1) is 5.97 Å². The number of hydrogen-bond acceptors (Lipinski definition) is 4. The summed E-state index contributed by atoms with van der Waals surface area (Å²) in [6.45, 7) is 1.18. The first-order valence-electron chi connectivity index (χ1n) is 2.18. The standard InChI is InChI=1S/C4H8NO3.Fe/c1-2(6)3(5)4(7)8;/h2-3H,5H2,1H3,(H,7,8);/q-1;+2/p-1/t2-,3+;/m1./s1. The van der Waals surface area contributed by atoms with E-state index in [-0.39, 0.29) is 17.1 Å². The molecule has 0 saturated heterocycles. The molecule has 9 heavy (non-hydrogen) atoms. The van der Waals surface area contributed by atoms with Crippen LogP contribution in [0, 0.1) is 0 Å². The first-order chi connectivity index (χ1) is 3.55. The van der Waals surface area contributed by atoms with Gasteiger partial charge in [0, 0.05) is 6.04 Å². The molecule has 0 spiro atoms. The van der Waals surface area contributed by atoms with Crippen molar-refractivity contribution in [1.29, 1.82) is 0 Å². The fraction of sp³-hybridized carbons (Fsp3) is 0.750. The topological polar surface area (TPSA) is 89.2 Å². The number of carboxylic acids is 1. The zero-order valence-corrected chi connectivity index (χ0v) is 5.91. The molecule has 0 unspecified atom stereocenters. The molecule has 0 aromatic heterocycles. The summed E-state index contributed by atoms with van der Waals surface area (Å²) in [6, 6.07) is -1.38. The average Bonchev–Trinajstić information content (AvgIpc) is 1.64. The van der Waals surface area contributed by atoms with Crippen LogP contribution in [0.2, 0.25) is 0 Å². The molecule has 0 aliphatic heterocycles. The molecule has 0 radical (unpaired) electrons. The van der Waals surface area contributed by atoms with E-state index >= 15 is 0 Å². The van der Waals surface area contributed by atoms with Crippen LogP contribution in [0.1, 0.15) is 6.92 Å². The van der Waals surface area contributed by atoms with E-state index in [1.54, 1.807) is 0 Å². The molecule has 0 bridgehead atoms. The Bertz CT molecular complexity index is 95.8. The molecule has 0 heterocycles. The Morgan fingerprint density at radius 1 is 1.67 bits per heavy atom. The van der Waals surface area contributed by atoms with Crippen LogP contribution in [0.25, 0.3) is 0 Å². The average molecular weight is 173 g/mol. The zero-order valence-electron chi connectivity index (χ0n) is 4.81. The van der Waals surface area contributed by atoms with Crippen LogP contribution in [0.3, 0.4) is 0 Å². The summed E-state index contributed by atoms with van der Waals surface area (Å²) in [4.78, 5) is 9.70. The zero-order chi connectivity index (χ0) is 6.73. The number of rotatable bonds is 2. The van der Waals surface area contributed by atoms with Gasteiger partial charge in [0.1, 0.15) is 0 Å². The molecule has 0 rings (SSSR count). The van der Waals surface area contributed by atoms with Crippen molar-refractivity contribution in [3.05, 3.63) is 0 Å². The van der Waals surface area contributed by atoms with Crippen LogP contribution in [-0.4, -0.2) is 18.1 Å². The largest absolute Gasteiger partial charge is 2.00 e. The monoisotopic (exact) mass is 173 g/mol. The van der Waals surface area contributed by atoms with E-state index in [0.717, 1.165) is 0 Å². The molecule has 0 aliphatic rings. The fourth-order valence-electron chi connectivity index (χ4n) is 0.192. The first-order valence-corrected chi connectivity index (χ1v) is 2.18. The Hall–Kier alpha value is -0.0905. The van der Waals surface area contributed by atoms with Crippen molar-refractivity contribution in [3.8, 4) is 0 Å². The number of carbonyl (C=O) groups is 1. The smallest absolute Gasteiger partial charge is 0.851 e. The van der Waals surface area contributed by atoms with Gasteiger partial charge < -0.3 is 20.7 Å². The molecule has 0 saturated carbocycles. The summed E-state index contributed by atoms with van der Waals surface area (Å²) in [5.74, 6) is -1.49. The molecule has 0 aromatic carbocycles. The summed E-state index contributed by atoms with van der Waals surface area (Å²) < 4.78 is 0. The van der Waals surface area contributed by atoms with Crippen LogP contribution < -0.4 is 15.9 Å². The fourth-order valence-corrected chi connectivity index (χ4v) is 0.192. The van der Waals surface area contributed by atoms with Crippen molar-refractivity contribution < 1.29 is 32.1 Å². The number of hydrogen-bond donors (Lipinski definition) is 1. The van der Waals surface area contributed by atoms with Gasteiger partial charge in [-0.25, -0.2) is 0 Å². The normalized spacial score (nSPS) is 15.4. The summed E-state index contributed by atoms with van der Waals surface area (Å²) in [7, 11) is 0. The summed E-state index contributed by atoms with van der Waals surface area (Å²) in [5.41, 5.74) is 4.78. The second-order valence-corrected chi connectivity index (χ2v) is 1.55. The van der Waals surface area contributed by atoms with Gasteiger partial charge in [0.15, 0.2) is 0 Å². The van der Waals surface area contributed by atoms with E-state index in [4.69, 9.17) is 5.73 Å². The minimum atomic E-state index is -1.49. The van der Waals surface area contributed by atoms with E-state index in [9.17, 15) is 15.0 Å². The van der Waals surface area contributed by atoms with Crippen LogP contribution in [0.4, 0.5) is 0 Å². The first kappa shape index (κ1) is 11.7. The predicted octanol–water partition coefficient (Wildman–Crippen LogP) is -3.19. The van der Waals surface area contributed by atoms with Crippen molar-refractivity contribution in [1.82, 2.24) is 0 Å². The van der Waals surface area contributed by atoms with Gasteiger partial charge in [0.2, 0.25) is 0 Å². The van der Waals surface area contributed by atoms with Crippen LogP contribution in [-0.2, 0) is 21.9 Å². The van der Waals surface area contributed by atoms with E-state index in [1.807, 2.05) is 0 Å². The number of nitrogens with two attached hydrogens (primary N) is 1. The van der Waals surface area contributed by atoms with Crippen molar-refractivity contribution >= 4 is 5.97 Å². The Kier molecular flexibility index (Phi) is 6.17. The van der Waals surface area contributed by atoms with Gasteiger partial charge >= 0.3 is 17.1 Å². The summed E-state index contributed by atoms with van der Waals surface area (Å²) in [6.07, 6.45) is -1.29. The molecule has 0 amide bonds. The summed E-state index contributed by atoms with van der Waals surface area (Å²) in [5, 5.41) is 19.8. The summed E-state index contributed by atoms with van der Waals surface area (Å²) >= 11 is 0. The van der Waals surface area contributed by atoms with Crippen molar-refractivity contribution in [2.24, 2.45) is 5.73 Å². The molecule has 0 aliphatic carbocycles. The minimum Gasteiger partial charge on any atom is -0.851 e. The van der Waals surface area contributed by atoms with E-state index in [0.29, 0.717) is 0 Å². The second-order valence-electron chi connectivity index (χ2n) is 1.55. The maximum absolute atomic E-state index is 10.1. The molecule has 0 fully saturated rings. The number of carbonyl (C=O) groups excluding carboxylic acids is 1. The molecule has 2 N–H and O–H groups in total. The SMILES string of the molecule is C[C@@H]([O-])[C@H](N)C(=O)[O-].[Fe+2]. The maximum atomic E-state index is 10.1. The van der Waals surface area contributed by atoms with Crippen LogP contribution in [0.5, 0.6) is 0 Å². The van der Waals surface area contributed by atoms with E-state index in [1.165, 1.54) is 6.92 Å². The molecular formula is C4H7FeNO3. The van der Waals surface area contributed by atoms with Gasteiger partial charge in [-0.3, -0.25) is 0 Å². The van der Waals surface area contributed by atoms with E-state index in [2.05, 4.69) is 0 Å². The van der Waals surface area contributed by atoms with Gasteiger partial charge in [-0.15, -0.1) is 6.10 Å². The number of carboxylic acid groups (broad SMARTS) is 1. The van der Waals surface area contributed by atoms with Gasteiger partial charge in [-0.05, 0) is 0 Å². The Balaban J connectivity index is 0. The molecule has 2 atom stereocenters. The van der Waals surface area contributed by atoms with Crippen LogP contribution >= 0.6 is 0 Å². The predicted molar refractivity (Wildman–Crippen MR) is 22.4 cm³/mol. The third-order valence-corrected chi connectivity index (χ3v) is 0.778. The van der Waals surface area contributed by atoms with Crippen molar-refractivity contribution in [2.45, 2.75) is 19.1 Å². The molecular weight excluding hydrogens is 166 g/mol. The maximum Gasteiger partial charge on any atom is 2.00 e. The molecule has 0 aromatic rings. The number of aliphatic carboxylic acids is 1. The molecule has 4 nitrogen and oxygen atoms in total. The quantitative estimate of drug-likeness (QED) is 0.445. The van der Waals surface area contributed by atoms with Gasteiger partial charge in [0.25, 0.3) is 0 Å². The third-order valence-electron chi connectivity index (χ3n) is 0.778. The second kappa shape index (κ2) is 4.76. The van der Waals surface area contributed by atoms with Crippen molar-refractivity contribution in [3.63, 3.8) is 0 Å². The van der Waals surface area contributed by atoms with Gasteiger partial charge in [-0.2, -0.15) is 0 Å². The Morgan fingerprint density at radius 2 is 2.00 bits per heavy atom. The third kappa shape index (κ3) is 4.42. The minimum absolute atomic E-state index is 0. The van der Waals surface area contributed by atoms with Gasteiger partial charge in [-0.1, -0.05) is 6.92 Å². The van der Waals surface area contributed by atoms with Crippen LogP contribution in [0.15, 0.2) is 0 Å². The van der Waals surface area contributed by atoms with Crippen molar-refractivity contribution in [2.75, 3.05) is 0 Å². The molecule has 5 heteroatoms. The Labute approximate surface area is 63.5 Å².